The first-order valence-electron chi connectivity index (χ1n) is 6.65. The molecule has 2 aromatic rings. The Bertz CT molecular complexity index is 579. The minimum Gasteiger partial charge on any atom is -0.306 e. The zero-order valence-corrected chi connectivity index (χ0v) is 13.4. The van der Waals surface area contributed by atoms with Gasteiger partial charge >= 0.3 is 0 Å². The molecule has 4 heteroatoms. The van der Waals surface area contributed by atoms with Gasteiger partial charge in [-0.3, -0.25) is 4.98 Å². The van der Waals surface area contributed by atoms with E-state index in [-0.39, 0.29) is 0 Å². The lowest BCUT2D eigenvalue weighted by molar-refractivity contribution is 0.462. The van der Waals surface area contributed by atoms with Gasteiger partial charge in [0.2, 0.25) is 0 Å². The van der Waals surface area contributed by atoms with Crippen LogP contribution in [0.4, 0.5) is 0 Å². The summed E-state index contributed by atoms with van der Waals surface area (Å²) in [7, 11) is 0. The van der Waals surface area contributed by atoms with Gasteiger partial charge in [-0.05, 0) is 70.9 Å². The number of halogens is 1. The number of rotatable bonds is 3. The second-order valence-corrected chi connectivity index (χ2v) is 7.57. The van der Waals surface area contributed by atoms with Gasteiger partial charge in [-0.1, -0.05) is 0 Å². The third-order valence-electron chi connectivity index (χ3n) is 3.76. The summed E-state index contributed by atoms with van der Waals surface area (Å²) in [4.78, 5) is 5.69. The largest absolute Gasteiger partial charge is 0.306 e. The Balaban J connectivity index is 1.73. The Labute approximate surface area is 126 Å². The topological polar surface area (TPSA) is 24.9 Å². The van der Waals surface area contributed by atoms with Crippen molar-refractivity contribution >= 4 is 27.3 Å². The monoisotopic (exact) mass is 336 g/mol. The standard InChI is InChI=1S/C15H17BrN2S/c1-10-8-17-6-5-11(10)9-18-13-3-2-4-14-12(13)7-15(16)19-14/h5-8,13,18H,2-4,9H2,1H3. The molecule has 2 nitrogen and oxygen atoms in total. The number of aromatic nitrogens is 1. The third kappa shape index (κ3) is 2.91. The molecule has 1 atom stereocenters. The highest BCUT2D eigenvalue weighted by atomic mass is 79.9. The molecule has 0 bridgehead atoms. The van der Waals surface area contributed by atoms with Gasteiger partial charge in [0.25, 0.3) is 0 Å². The first-order valence-corrected chi connectivity index (χ1v) is 8.26. The Kier molecular flexibility index (Phi) is 4.01. The lowest BCUT2D eigenvalue weighted by atomic mass is 9.94. The third-order valence-corrected chi connectivity index (χ3v) is 5.47. The maximum absolute atomic E-state index is 4.15. The highest BCUT2D eigenvalue weighted by molar-refractivity contribution is 9.11. The maximum Gasteiger partial charge on any atom is 0.0704 e. The van der Waals surface area contributed by atoms with Gasteiger partial charge in [0.05, 0.1) is 3.79 Å². The molecule has 0 aromatic carbocycles. The van der Waals surface area contributed by atoms with Gasteiger partial charge in [-0.25, -0.2) is 0 Å². The Morgan fingerprint density at radius 2 is 2.42 bits per heavy atom. The van der Waals surface area contributed by atoms with Crippen LogP contribution in [0.1, 0.15) is 40.5 Å². The molecule has 0 saturated carbocycles. The van der Waals surface area contributed by atoms with Gasteiger partial charge in [-0.2, -0.15) is 0 Å². The summed E-state index contributed by atoms with van der Waals surface area (Å²) in [6.07, 6.45) is 7.56. The van der Waals surface area contributed by atoms with Crippen LogP contribution in [0.25, 0.3) is 0 Å². The zero-order valence-electron chi connectivity index (χ0n) is 10.9. The minimum atomic E-state index is 0.499. The molecule has 2 aromatic heterocycles. The number of aryl methyl sites for hydroxylation is 2. The fourth-order valence-electron chi connectivity index (χ4n) is 2.67. The zero-order chi connectivity index (χ0) is 13.2. The van der Waals surface area contributed by atoms with Crippen molar-refractivity contribution in [2.45, 2.75) is 38.8 Å². The molecule has 3 rings (SSSR count). The fraction of sp³-hybridized carbons (Fsp3) is 0.400. The highest BCUT2D eigenvalue weighted by Crippen LogP contribution is 2.38. The molecule has 0 radical (unpaired) electrons. The lowest BCUT2D eigenvalue weighted by Crippen LogP contribution is -2.24. The van der Waals surface area contributed by atoms with E-state index >= 15 is 0 Å². The molecule has 1 aliphatic carbocycles. The van der Waals surface area contributed by atoms with E-state index in [9.17, 15) is 0 Å². The van der Waals surface area contributed by atoms with Crippen molar-refractivity contribution in [2.24, 2.45) is 0 Å². The van der Waals surface area contributed by atoms with Gasteiger partial charge in [0.1, 0.15) is 0 Å². The summed E-state index contributed by atoms with van der Waals surface area (Å²) < 4.78 is 1.26. The molecule has 1 N–H and O–H groups in total. The van der Waals surface area contributed by atoms with Crippen molar-refractivity contribution in [3.63, 3.8) is 0 Å². The van der Waals surface area contributed by atoms with E-state index in [0.29, 0.717) is 6.04 Å². The van der Waals surface area contributed by atoms with E-state index in [1.54, 1.807) is 4.88 Å². The summed E-state index contributed by atoms with van der Waals surface area (Å²) in [5.41, 5.74) is 4.10. The van der Waals surface area contributed by atoms with Gasteiger partial charge in [0, 0.05) is 29.9 Å². The van der Waals surface area contributed by atoms with Crippen molar-refractivity contribution < 1.29 is 0 Å². The summed E-state index contributed by atoms with van der Waals surface area (Å²) >= 11 is 5.50. The summed E-state index contributed by atoms with van der Waals surface area (Å²) in [6, 6.07) is 4.89. The Hall–Kier alpha value is -0.710. The molecule has 0 spiro atoms. The van der Waals surface area contributed by atoms with Crippen LogP contribution in [0.15, 0.2) is 28.3 Å². The molecule has 0 fully saturated rings. The van der Waals surface area contributed by atoms with Crippen LogP contribution in [-0.4, -0.2) is 4.98 Å². The molecule has 0 amide bonds. The first kappa shape index (κ1) is 13.3. The first-order chi connectivity index (χ1) is 9.24. The van der Waals surface area contributed by atoms with Crippen LogP contribution < -0.4 is 5.32 Å². The normalized spacial score (nSPS) is 18.3. The number of fused-ring (bicyclic) bond motifs is 1. The minimum absolute atomic E-state index is 0.499. The van der Waals surface area contributed by atoms with Crippen LogP contribution >= 0.6 is 27.3 Å². The van der Waals surface area contributed by atoms with Crippen LogP contribution in [0.5, 0.6) is 0 Å². The SMILES string of the molecule is Cc1cnccc1CNC1CCCc2sc(Br)cc21. The number of pyridine rings is 1. The molecule has 1 unspecified atom stereocenters. The van der Waals surface area contributed by atoms with Crippen molar-refractivity contribution in [2.75, 3.05) is 0 Å². The van der Waals surface area contributed by atoms with Crippen LogP contribution in [-0.2, 0) is 13.0 Å². The molecular formula is C15H17BrN2S. The predicted octanol–water partition coefficient (Wildman–Crippen LogP) is 4.38. The van der Waals surface area contributed by atoms with Gasteiger partial charge < -0.3 is 5.32 Å². The van der Waals surface area contributed by atoms with E-state index in [1.807, 2.05) is 23.7 Å². The fourth-order valence-corrected chi connectivity index (χ4v) is 4.49. The predicted molar refractivity (Wildman–Crippen MR) is 83.5 cm³/mol. The Morgan fingerprint density at radius 3 is 3.26 bits per heavy atom. The van der Waals surface area contributed by atoms with Crippen LogP contribution in [0, 0.1) is 6.92 Å². The van der Waals surface area contributed by atoms with Crippen molar-refractivity contribution in [1.29, 1.82) is 0 Å². The number of thiophene rings is 1. The van der Waals surface area contributed by atoms with Crippen LogP contribution in [0.2, 0.25) is 0 Å². The second-order valence-electron chi connectivity index (χ2n) is 5.06. The molecular weight excluding hydrogens is 320 g/mol. The average molecular weight is 337 g/mol. The second kappa shape index (κ2) is 5.73. The quantitative estimate of drug-likeness (QED) is 0.899. The molecule has 0 aliphatic heterocycles. The van der Waals surface area contributed by atoms with Gasteiger partial charge in [0.15, 0.2) is 0 Å². The lowest BCUT2D eigenvalue weighted by Gasteiger charge is -2.24. The van der Waals surface area contributed by atoms with Crippen LogP contribution in [0.3, 0.4) is 0 Å². The number of hydrogen-bond donors (Lipinski definition) is 1. The summed E-state index contributed by atoms with van der Waals surface area (Å²) in [5, 5.41) is 3.71. The van der Waals surface area contributed by atoms with Crippen molar-refractivity contribution in [1.82, 2.24) is 10.3 Å². The average Bonchev–Trinajstić information content (AvgIpc) is 2.78. The summed E-state index contributed by atoms with van der Waals surface area (Å²) in [5.74, 6) is 0. The van der Waals surface area contributed by atoms with Crippen molar-refractivity contribution in [3.05, 3.63) is 49.9 Å². The number of hydrogen-bond acceptors (Lipinski definition) is 3. The van der Waals surface area contributed by atoms with E-state index in [4.69, 9.17) is 0 Å². The Morgan fingerprint density at radius 1 is 1.53 bits per heavy atom. The smallest absolute Gasteiger partial charge is 0.0704 e. The molecule has 1 aliphatic rings. The highest BCUT2D eigenvalue weighted by Gasteiger charge is 2.22. The molecule has 0 saturated heterocycles. The van der Waals surface area contributed by atoms with E-state index < -0.39 is 0 Å². The van der Waals surface area contributed by atoms with E-state index in [1.165, 1.54) is 39.7 Å². The maximum atomic E-state index is 4.15. The van der Waals surface area contributed by atoms with Crippen molar-refractivity contribution in [3.8, 4) is 0 Å². The number of nitrogens with one attached hydrogen (secondary N) is 1. The number of nitrogens with zero attached hydrogens (tertiary/aromatic N) is 1. The van der Waals surface area contributed by atoms with E-state index in [0.717, 1.165) is 6.54 Å². The molecule has 100 valence electrons. The van der Waals surface area contributed by atoms with E-state index in [2.05, 4.69) is 45.3 Å². The molecule has 19 heavy (non-hydrogen) atoms. The molecule has 2 heterocycles. The summed E-state index contributed by atoms with van der Waals surface area (Å²) in [6.45, 7) is 3.05. The van der Waals surface area contributed by atoms with Gasteiger partial charge in [-0.15, -0.1) is 11.3 Å².